The number of hydrogen-bond donors (Lipinski definition) is 1. The predicted molar refractivity (Wildman–Crippen MR) is 61.9 cm³/mol. The molecule has 0 aliphatic carbocycles. The molecule has 6 heteroatoms. The fraction of sp³-hybridized carbons (Fsp3) is 0.700. The summed E-state index contributed by atoms with van der Waals surface area (Å²) in [5.74, 6) is 0.558. The summed E-state index contributed by atoms with van der Waals surface area (Å²) < 4.78 is 24.6. The molecule has 90 valence electrons. The number of nitrogens with one attached hydrogen (secondary N) is 1. The van der Waals surface area contributed by atoms with Gasteiger partial charge in [-0.2, -0.15) is 0 Å². The summed E-state index contributed by atoms with van der Waals surface area (Å²) in [6.45, 7) is 3.69. The van der Waals surface area contributed by atoms with Crippen molar-refractivity contribution in [2.45, 2.75) is 25.9 Å². The van der Waals surface area contributed by atoms with Gasteiger partial charge in [-0.1, -0.05) is 6.92 Å². The zero-order valence-corrected chi connectivity index (χ0v) is 10.2. The van der Waals surface area contributed by atoms with E-state index < -0.39 is 9.84 Å². The first-order chi connectivity index (χ1) is 7.61. The Morgan fingerprint density at radius 1 is 1.62 bits per heavy atom. The average molecular weight is 243 g/mol. The van der Waals surface area contributed by atoms with Gasteiger partial charge in [0.1, 0.15) is 0 Å². The van der Waals surface area contributed by atoms with Crippen molar-refractivity contribution in [3.63, 3.8) is 0 Å². The fourth-order valence-corrected chi connectivity index (χ4v) is 3.66. The Kier molecular flexibility index (Phi) is 3.30. The van der Waals surface area contributed by atoms with Gasteiger partial charge in [0.2, 0.25) is 0 Å². The average Bonchev–Trinajstić information content (AvgIpc) is 2.81. The monoisotopic (exact) mass is 243 g/mol. The number of rotatable bonds is 4. The van der Waals surface area contributed by atoms with Crippen molar-refractivity contribution in [2.75, 3.05) is 18.1 Å². The zero-order chi connectivity index (χ0) is 11.6. The Morgan fingerprint density at radius 3 is 3.06 bits per heavy atom. The van der Waals surface area contributed by atoms with Gasteiger partial charge in [0.15, 0.2) is 9.84 Å². The summed E-state index contributed by atoms with van der Waals surface area (Å²) >= 11 is 0. The minimum absolute atomic E-state index is 0.0767. The van der Waals surface area contributed by atoms with Crippen LogP contribution in [0.15, 0.2) is 12.5 Å². The third-order valence-electron chi connectivity index (χ3n) is 2.84. The van der Waals surface area contributed by atoms with E-state index in [0.29, 0.717) is 12.2 Å². The summed E-state index contributed by atoms with van der Waals surface area (Å²) in [6, 6.07) is 0.0767. The second kappa shape index (κ2) is 4.55. The van der Waals surface area contributed by atoms with Crippen LogP contribution in [0.1, 0.15) is 25.1 Å². The van der Waals surface area contributed by atoms with Gasteiger partial charge in [0.25, 0.3) is 0 Å². The Balaban J connectivity index is 2.02. The van der Waals surface area contributed by atoms with E-state index in [-0.39, 0.29) is 11.8 Å². The van der Waals surface area contributed by atoms with E-state index in [0.717, 1.165) is 18.8 Å². The van der Waals surface area contributed by atoms with Crippen molar-refractivity contribution in [1.29, 1.82) is 0 Å². The molecule has 1 aliphatic heterocycles. The van der Waals surface area contributed by atoms with E-state index in [1.807, 2.05) is 17.7 Å². The molecule has 0 bridgehead atoms. The Morgan fingerprint density at radius 2 is 2.44 bits per heavy atom. The summed E-state index contributed by atoms with van der Waals surface area (Å²) in [4.78, 5) is 4.25. The lowest BCUT2D eigenvalue weighted by Crippen LogP contribution is -2.12. The van der Waals surface area contributed by atoms with Crippen LogP contribution in [0.25, 0.3) is 0 Å². The number of imidazole rings is 1. The molecule has 1 N–H and O–H groups in total. The number of aromatic nitrogens is 2. The van der Waals surface area contributed by atoms with Crippen LogP contribution in [-0.4, -0.2) is 36.0 Å². The quantitative estimate of drug-likeness (QED) is 0.829. The lowest BCUT2D eigenvalue weighted by molar-refractivity contribution is 0.554. The molecular weight excluding hydrogens is 226 g/mol. The molecular formula is C10H17N3O2S. The molecule has 0 aromatic carbocycles. The Hall–Kier alpha value is -0.880. The van der Waals surface area contributed by atoms with Gasteiger partial charge in [0, 0.05) is 18.8 Å². The Bertz CT molecular complexity index is 452. The SMILES string of the molecule is CCNCc1cn(C2CCS(=O)(=O)C2)cn1. The molecule has 5 nitrogen and oxygen atoms in total. The molecule has 2 rings (SSSR count). The largest absolute Gasteiger partial charge is 0.333 e. The van der Waals surface area contributed by atoms with Crippen molar-refractivity contribution in [3.8, 4) is 0 Å². The maximum Gasteiger partial charge on any atom is 0.152 e. The highest BCUT2D eigenvalue weighted by Crippen LogP contribution is 2.23. The van der Waals surface area contributed by atoms with Crippen molar-refractivity contribution >= 4 is 9.84 Å². The number of sulfone groups is 1. The van der Waals surface area contributed by atoms with E-state index in [9.17, 15) is 8.42 Å². The topological polar surface area (TPSA) is 64.0 Å². The molecule has 0 amide bonds. The normalized spacial score (nSPS) is 23.7. The molecule has 1 fully saturated rings. The van der Waals surface area contributed by atoms with E-state index in [1.54, 1.807) is 6.33 Å². The van der Waals surface area contributed by atoms with Crippen LogP contribution in [0.3, 0.4) is 0 Å². The van der Waals surface area contributed by atoms with Gasteiger partial charge < -0.3 is 9.88 Å². The molecule has 0 spiro atoms. The second-order valence-electron chi connectivity index (χ2n) is 4.15. The van der Waals surface area contributed by atoms with Crippen molar-refractivity contribution in [1.82, 2.24) is 14.9 Å². The molecule has 2 heterocycles. The molecule has 1 aromatic rings. The van der Waals surface area contributed by atoms with E-state index in [2.05, 4.69) is 10.3 Å². The maximum absolute atomic E-state index is 11.3. The highest BCUT2D eigenvalue weighted by atomic mass is 32.2. The van der Waals surface area contributed by atoms with Gasteiger partial charge in [-0.15, -0.1) is 0 Å². The molecule has 1 atom stereocenters. The summed E-state index contributed by atoms with van der Waals surface area (Å²) in [6.07, 6.45) is 4.38. The van der Waals surface area contributed by atoms with Crippen LogP contribution in [-0.2, 0) is 16.4 Å². The van der Waals surface area contributed by atoms with Crippen LogP contribution in [0.5, 0.6) is 0 Å². The summed E-state index contributed by atoms with van der Waals surface area (Å²) in [5, 5.41) is 3.19. The van der Waals surface area contributed by atoms with Crippen molar-refractivity contribution in [2.24, 2.45) is 0 Å². The molecule has 0 saturated carbocycles. The predicted octanol–water partition coefficient (Wildman–Crippen LogP) is 0.352. The fourth-order valence-electron chi connectivity index (χ4n) is 1.93. The van der Waals surface area contributed by atoms with E-state index in [1.165, 1.54) is 0 Å². The van der Waals surface area contributed by atoms with Crippen molar-refractivity contribution in [3.05, 3.63) is 18.2 Å². The van der Waals surface area contributed by atoms with Crippen LogP contribution in [0.4, 0.5) is 0 Å². The highest BCUT2D eigenvalue weighted by molar-refractivity contribution is 7.91. The maximum atomic E-state index is 11.3. The molecule has 1 aromatic heterocycles. The van der Waals surface area contributed by atoms with E-state index >= 15 is 0 Å². The van der Waals surface area contributed by atoms with Gasteiger partial charge in [-0.25, -0.2) is 13.4 Å². The number of nitrogens with zero attached hydrogens (tertiary/aromatic N) is 2. The first-order valence-corrected chi connectivity index (χ1v) is 7.36. The van der Waals surface area contributed by atoms with Crippen LogP contribution < -0.4 is 5.32 Å². The third kappa shape index (κ3) is 2.62. The van der Waals surface area contributed by atoms with Crippen molar-refractivity contribution < 1.29 is 8.42 Å². The van der Waals surface area contributed by atoms with Gasteiger partial charge >= 0.3 is 0 Å². The molecule has 16 heavy (non-hydrogen) atoms. The number of hydrogen-bond acceptors (Lipinski definition) is 4. The smallest absolute Gasteiger partial charge is 0.152 e. The van der Waals surface area contributed by atoms with Gasteiger partial charge in [-0.3, -0.25) is 0 Å². The second-order valence-corrected chi connectivity index (χ2v) is 6.38. The van der Waals surface area contributed by atoms with Gasteiger partial charge in [-0.05, 0) is 13.0 Å². The minimum Gasteiger partial charge on any atom is -0.333 e. The first kappa shape index (κ1) is 11.6. The standard InChI is InChI=1S/C10H17N3O2S/c1-2-11-5-9-6-13(8-12-9)10-3-4-16(14,15)7-10/h6,8,10-11H,2-5,7H2,1H3. The molecule has 1 saturated heterocycles. The zero-order valence-electron chi connectivity index (χ0n) is 9.39. The first-order valence-electron chi connectivity index (χ1n) is 5.54. The van der Waals surface area contributed by atoms with Crippen LogP contribution in [0, 0.1) is 0 Å². The van der Waals surface area contributed by atoms with Gasteiger partial charge in [0.05, 0.1) is 23.5 Å². The third-order valence-corrected chi connectivity index (χ3v) is 4.59. The van der Waals surface area contributed by atoms with Crippen LogP contribution >= 0.6 is 0 Å². The van der Waals surface area contributed by atoms with Crippen LogP contribution in [0.2, 0.25) is 0 Å². The Labute approximate surface area is 95.8 Å². The minimum atomic E-state index is -2.82. The summed E-state index contributed by atoms with van der Waals surface area (Å²) in [5.41, 5.74) is 0.964. The molecule has 1 aliphatic rings. The van der Waals surface area contributed by atoms with E-state index in [4.69, 9.17) is 0 Å². The lowest BCUT2D eigenvalue weighted by Gasteiger charge is -2.07. The molecule has 1 unspecified atom stereocenters. The highest BCUT2D eigenvalue weighted by Gasteiger charge is 2.28. The lowest BCUT2D eigenvalue weighted by atomic mass is 10.2. The molecule has 0 radical (unpaired) electrons. The summed E-state index contributed by atoms with van der Waals surface area (Å²) in [7, 11) is -2.82.